The van der Waals surface area contributed by atoms with Gasteiger partial charge in [0.15, 0.2) is 0 Å². The van der Waals surface area contributed by atoms with Crippen LogP contribution in [0, 0.1) is 0 Å². The topological polar surface area (TPSA) is 28.7 Å². The van der Waals surface area contributed by atoms with Gasteiger partial charge in [-0.3, -0.25) is 0 Å². The summed E-state index contributed by atoms with van der Waals surface area (Å²) in [6.07, 6.45) is 1.98. The molecule has 2 heteroatoms. The van der Waals surface area contributed by atoms with E-state index in [-0.39, 0.29) is 0 Å². The molecule has 0 fully saturated rings. The Kier molecular flexibility index (Phi) is 3.49. The minimum Gasteiger partial charge on any atom is -0.344 e. The van der Waals surface area contributed by atoms with Crippen molar-refractivity contribution in [3.8, 4) is 33.8 Å². The fourth-order valence-electron chi connectivity index (χ4n) is 2.78. The monoisotopic (exact) mass is 296 g/mol. The highest BCUT2D eigenvalue weighted by atomic mass is 14.9. The molecule has 0 spiro atoms. The molecule has 110 valence electrons. The van der Waals surface area contributed by atoms with E-state index in [0.717, 1.165) is 22.6 Å². The SMILES string of the molecule is c1ccc(-c2nc(-c3ccccc3-c3ccccc3)c[nH]2)cc1. The van der Waals surface area contributed by atoms with Gasteiger partial charge < -0.3 is 4.98 Å². The summed E-state index contributed by atoms with van der Waals surface area (Å²) in [6, 6.07) is 29.0. The van der Waals surface area contributed by atoms with Crippen LogP contribution in [0.4, 0.5) is 0 Å². The zero-order chi connectivity index (χ0) is 15.5. The summed E-state index contributed by atoms with van der Waals surface area (Å²) in [5.41, 5.74) is 5.59. The number of rotatable bonds is 3. The molecule has 0 aliphatic heterocycles. The standard InChI is InChI=1S/C21H16N2/c1-3-9-16(10-4-1)18-13-7-8-14-19(18)20-15-22-21(23-20)17-11-5-2-6-12-17/h1-15H,(H,22,23). The van der Waals surface area contributed by atoms with Crippen LogP contribution < -0.4 is 0 Å². The molecule has 0 atom stereocenters. The maximum Gasteiger partial charge on any atom is 0.138 e. The summed E-state index contributed by atoms with van der Waals surface area (Å²) in [5, 5.41) is 0. The van der Waals surface area contributed by atoms with E-state index in [4.69, 9.17) is 4.98 Å². The summed E-state index contributed by atoms with van der Waals surface area (Å²) in [7, 11) is 0. The summed E-state index contributed by atoms with van der Waals surface area (Å²) in [5.74, 6) is 0.892. The number of hydrogen-bond acceptors (Lipinski definition) is 1. The Balaban J connectivity index is 1.79. The molecule has 0 unspecified atom stereocenters. The molecule has 0 aliphatic rings. The zero-order valence-corrected chi connectivity index (χ0v) is 12.6. The molecule has 0 saturated heterocycles. The molecule has 23 heavy (non-hydrogen) atoms. The second kappa shape index (κ2) is 5.93. The van der Waals surface area contributed by atoms with Crippen LogP contribution >= 0.6 is 0 Å². The smallest absolute Gasteiger partial charge is 0.138 e. The van der Waals surface area contributed by atoms with Crippen LogP contribution in [0.15, 0.2) is 91.1 Å². The number of aromatic amines is 1. The normalized spacial score (nSPS) is 10.6. The summed E-state index contributed by atoms with van der Waals surface area (Å²) >= 11 is 0. The van der Waals surface area contributed by atoms with Crippen LogP contribution in [0.1, 0.15) is 0 Å². The first kappa shape index (κ1) is 13.5. The first-order valence-electron chi connectivity index (χ1n) is 7.67. The van der Waals surface area contributed by atoms with Gasteiger partial charge in [0, 0.05) is 17.3 Å². The average Bonchev–Trinajstić information content (AvgIpc) is 3.13. The van der Waals surface area contributed by atoms with E-state index < -0.39 is 0 Å². The molecule has 3 aromatic carbocycles. The minimum absolute atomic E-state index is 0.892. The van der Waals surface area contributed by atoms with Gasteiger partial charge in [-0.15, -0.1) is 0 Å². The molecule has 0 saturated carbocycles. The van der Waals surface area contributed by atoms with Crippen molar-refractivity contribution in [2.45, 2.75) is 0 Å². The second-order valence-corrected chi connectivity index (χ2v) is 5.41. The molecule has 4 aromatic rings. The zero-order valence-electron chi connectivity index (χ0n) is 12.6. The van der Waals surface area contributed by atoms with Crippen molar-refractivity contribution in [1.29, 1.82) is 0 Å². The molecule has 0 radical (unpaired) electrons. The van der Waals surface area contributed by atoms with Crippen molar-refractivity contribution < 1.29 is 0 Å². The lowest BCUT2D eigenvalue weighted by atomic mass is 9.98. The Morgan fingerprint density at radius 2 is 1.13 bits per heavy atom. The fraction of sp³-hybridized carbons (Fsp3) is 0. The summed E-state index contributed by atoms with van der Waals surface area (Å²) in [6.45, 7) is 0. The molecule has 0 bridgehead atoms. The molecular weight excluding hydrogens is 280 g/mol. The molecule has 2 nitrogen and oxygen atoms in total. The Morgan fingerprint density at radius 1 is 0.565 bits per heavy atom. The van der Waals surface area contributed by atoms with Crippen LogP contribution in [-0.2, 0) is 0 Å². The quantitative estimate of drug-likeness (QED) is 0.538. The van der Waals surface area contributed by atoms with Crippen LogP contribution in [0.5, 0.6) is 0 Å². The fourth-order valence-corrected chi connectivity index (χ4v) is 2.78. The highest BCUT2D eigenvalue weighted by Crippen LogP contribution is 2.31. The van der Waals surface area contributed by atoms with E-state index in [1.165, 1.54) is 11.1 Å². The van der Waals surface area contributed by atoms with Gasteiger partial charge >= 0.3 is 0 Å². The van der Waals surface area contributed by atoms with Gasteiger partial charge in [-0.2, -0.15) is 0 Å². The lowest BCUT2D eigenvalue weighted by molar-refractivity contribution is 1.31. The number of benzene rings is 3. The third-order valence-corrected chi connectivity index (χ3v) is 3.91. The lowest BCUT2D eigenvalue weighted by Crippen LogP contribution is -1.85. The van der Waals surface area contributed by atoms with Crippen molar-refractivity contribution in [3.63, 3.8) is 0 Å². The highest BCUT2D eigenvalue weighted by molar-refractivity contribution is 5.82. The Bertz CT molecular complexity index is 909. The van der Waals surface area contributed by atoms with Gasteiger partial charge in [-0.1, -0.05) is 84.9 Å². The van der Waals surface area contributed by atoms with Gasteiger partial charge in [0.05, 0.1) is 5.69 Å². The van der Waals surface area contributed by atoms with E-state index in [2.05, 4.69) is 65.6 Å². The summed E-state index contributed by atoms with van der Waals surface area (Å²) in [4.78, 5) is 8.07. The van der Waals surface area contributed by atoms with Crippen molar-refractivity contribution in [2.75, 3.05) is 0 Å². The number of H-pyrrole nitrogens is 1. The highest BCUT2D eigenvalue weighted by Gasteiger charge is 2.10. The van der Waals surface area contributed by atoms with Crippen molar-refractivity contribution in [2.24, 2.45) is 0 Å². The largest absolute Gasteiger partial charge is 0.344 e. The maximum absolute atomic E-state index is 4.78. The van der Waals surface area contributed by atoms with Gasteiger partial charge in [-0.05, 0) is 11.1 Å². The van der Waals surface area contributed by atoms with E-state index in [9.17, 15) is 0 Å². The van der Waals surface area contributed by atoms with Gasteiger partial charge in [0.25, 0.3) is 0 Å². The van der Waals surface area contributed by atoms with Crippen molar-refractivity contribution >= 4 is 0 Å². The third-order valence-electron chi connectivity index (χ3n) is 3.91. The number of imidazole rings is 1. The third kappa shape index (κ3) is 2.67. The molecule has 1 N–H and O–H groups in total. The number of nitrogens with one attached hydrogen (secondary N) is 1. The summed E-state index contributed by atoms with van der Waals surface area (Å²) < 4.78 is 0. The molecule has 0 amide bonds. The first-order valence-corrected chi connectivity index (χ1v) is 7.67. The first-order chi connectivity index (χ1) is 11.4. The molecular formula is C21H16N2. The molecule has 1 aromatic heterocycles. The lowest BCUT2D eigenvalue weighted by Gasteiger charge is -2.07. The Morgan fingerprint density at radius 3 is 1.83 bits per heavy atom. The Labute approximate surface area is 135 Å². The molecule has 4 rings (SSSR count). The van der Waals surface area contributed by atoms with E-state index >= 15 is 0 Å². The number of hydrogen-bond donors (Lipinski definition) is 1. The predicted octanol–water partition coefficient (Wildman–Crippen LogP) is 5.41. The maximum atomic E-state index is 4.78. The van der Waals surface area contributed by atoms with Gasteiger partial charge in [0.1, 0.15) is 5.82 Å². The van der Waals surface area contributed by atoms with E-state index in [1.807, 2.05) is 30.5 Å². The van der Waals surface area contributed by atoms with E-state index in [1.54, 1.807) is 0 Å². The predicted molar refractivity (Wildman–Crippen MR) is 94.9 cm³/mol. The molecule has 1 heterocycles. The van der Waals surface area contributed by atoms with Gasteiger partial charge in [-0.25, -0.2) is 4.98 Å². The van der Waals surface area contributed by atoms with Crippen LogP contribution in [-0.4, -0.2) is 9.97 Å². The van der Waals surface area contributed by atoms with Crippen molar-refractivity contribution in [1.82, 2.24) is 9.97 Å². The number of nitrogens with zero attached hydrogens (tertiary/aromatic N) is 1. The Hall–Kier alpha value is -3.13. The minimum atomic E-state index is 0.892. The number of aromatic nitrogens is 2. The van der Waals surface area contributed by atoms with E-state index in [0.29, 0.717) is 0 Å². The van der Waals surface area contributed by atoms with Gasteiger partial charge in [0.2, 0.25) is 0 Å². The molecule has 0 aliphatic carbocycles. The van der Waals surface area contributed by atoms with Crippen LogP contribution in [0.25, 0.3) is 33.8 Å². The van der Waals surface area contributed by atoms with Crippen LogP contribution in [0.3, 0.4) is 0 Å². The van der Waals surface area contributed by atoms with Crippen molar-refractivity contribution in [3.05, 3.63) is 91.1 Å². The van der Waals surface area contributed by atoms with Crippen LogP contribution in [0.2, 0.25) is 0 Å². The second-order valence-electron chi connectivity index (χ2n) is 5.41. The average molecular weight is 296 g/mol.